The van der Waals surface area contributed by atoms with E-state index in [0.29, 0.717) is 5.13 Å². The highest BCUT2D eigenvalue weighted by atomic mass is 79.9. The second-order valence-electron chi connectivity index (χ2n) is 3.10. The van der Waals surface area contributed by atoms with Gasteiger partial charge in [0.05, 0.1) is 4.83 Å². The minimum absolute atomic E-state index is 0.0457. The van der Waals surface area contributed by atoms with E-state index in [-0.39, 0.29) is 10.7 Å². The molecular weight excluding hydrogens is 278 g/mol. The molecule has 1 N–H and O–H groups in total. The molecule has 1 atom stereocenters. The molecule has 15 heavy (non-hydrogen) atoms. The lowest BCUT2D eigenvalue weighted by Crippen LogP contribution is -2.22. The fraction of sp³-hybridized carbons (Fsp3) is 0.667. The summed E-state index contributed by atoms with van der Waals surface area (Å²) in [6, 6.07) is 0. The van der Waals surface area contributed by atoms with Crippen LogP contribution in [-0.4, -0.2) is 20.9 Å². The van der Waals surface area contributed by atoms with Crippen LogP contribution in [0, 0.1) is 0 Å². The van der Waals surface area contributed by atoms with Crippen LogP contribution in [0.2, 0.25) is 0 Å². The van der Waals surface area contributed by atoms with Crippen molar-refractivity contribution in [2.75, 3.05) is 5.32 Å². The van der Waals surface area contributed by atoms with Gasteiger partial charge < -0.3 is 0 Å². The van der Waals surface area contributed by atoms with Crippen LogP contribution in [0.5, 0.6) is 0 Å². The number of anilines is 1. The van der Waals surface area contributed by atoms with Crippen molar-refractivity contribution in [3.63, 3.8) is 0 Å². The van der Waals surface area contributed by atoms with Gasteiger partial charge in [0.2, 0.25) is 11.0 Å². The zero-order valence-corrected chi connectivity index (χ0v) is 11.2. The SMILES string of the molecule is CCCC(Br)C(=O)Nc1nnc(CC)s1. The summed E-state index contributed by atoms with van der Waals surface area (Å²) in [6.07, 6.45) is 2.64. The topological polar surface area (TPSA) is 54.9 Å². The van der Waals surface area contributed by atoms with Crippen LogP contribution >= 0.6 is 27.3 Å². The smallest absolute Gasteiger partial charge is 0.239 e. The van der Waals surface area contributed by atoms with E-state index in [1.54, 1.807) is 0 Å². The van der Waals surface area contributed by atoms with Crippen LogP contribution in [0.15, 0.2) is 0 Å². The average Bonchev–Trinajstić information content (AvgIpc) is 2.66. The fourth-order valence-electron chi connectivity index (χ4n) is 1.02. The first-order chi connectivity index (χ1) is 7.17. The zero-order chi connectivity index (χ0) is 11.3. The van der Waals surface area contributed by atoms with Crippen LogP contribution in [-0.2, 0) is 11.2 Å². The number of amides is 1. The van der Waals surface area contributed by atoms with Crippen molar-refractivity contribution in [2.45, 2.75) is 37.9 Å². The molecule has 0 aliphatic carbocycles. The van der Waals surface area contributed by atoms with Gasteiger partial charge in [-0.05, 0) is 12.8 Å². The molecule has 1 amide bonds. The van der Waals surface area contributed by atoms with Gasteiger partial charge in [0, 0.05) is 0 Å². The molecule has 0 saturated heterocycles. The molecule has 1 aromatic rings. The van der Waals surface area contributed by atoms with Crippen molar-refractivity contribution >= 4 is 38.3 Å². The number of alkyl halides is 1. The molecule has 0 spiro atoms. The summed E-state index contributed by atoms with van der Waals surface area (Å²) in [7, 11) is 0. The Morgan fingerprint density at radius 2 is 2.27 bits per heavy atom. The Kier molecular flexibility index (Phi) is 5.17. The van der Waals surface area contributed by atoms with E-state index in [1.807, 2.05) is 13.8 Å². The molecule has 0 aliphatic rings. The van der Waals surface area contributed by atoms with Crippen LogP contribution in [0.4, 0.5) is 5.13 Å². The van der Waals surface area contributed by atoms with E-state index in [9.17, 15) is 4.79 Å². The zero-order valence-electron chi connectivity index (χ0n) is 8.79. The summed E-state index contributed by atoms with van der Waals surface area (Å²) in [6.45, 7) is 4.05. The van der Waals surface area contributed by atoms with Crippen molar-refractivity contribution < 1.29 is 4.79 Å². The Hall–Kier alpha value is -0.490. The number of carbonyl (C=O) groups is 1. The molecule has 4 nitrogen and oxygen atoms in total. The summed E-state index contributed by atoms with van der Waals surface area (Å²) in [4.78, 5) is 11.4. The van der Waals surface area contributed by atoms with E-state index in [0.717, 1.165) is 24.3 Å². The molecule has 84 valence electrons. The largest absolute Gasteiger partial charge is 0.300 e. The van der Waals surface area contributed by atoms with Gasteiger partial charge in [0.1, 0.15) is 5.01 Å². The number of hydrogen-bond donors (Lipinski definition) is 1. The first-order valence-electron chi connectivity index (χ1n) is 4.94. The molecular formula is C9H14BrN3OS. The van der Waals surface area contributed by atoms with Gasteiger partial charge >= 0.3 is 0 Å². The van der Waals surface area contributed by atoms with Crippen molar-refractivity contribution in [3.8, 4) is 0 Å². The summed E-state index contributed by atoms with van der Waals surface area (Å²) < 4.78 is 0. The predicted octanol–water partition coefficient (Wildman–Crippen LogP) is 2.60. The third-order valence-electron chi connectivity index (χ3n) is 1.83. The standard InChI is InChI=1S/C9H14BrN3OS/c1-3-5-6(10)8(14)11-9-13-12-7(4-2)15-9/h6H,3-5H2,1-2H3,(H,11,13,14). The van der Waals surface area contributed by atoms with Crippen LogP contribution in [0.3, 0.4) is 0 Å². The van der Waals surface area contributed by atoms with Gasteiger partial charge in [-0.2, -0.15) is 0 Å². The molecule has 0 fully saturated rings. The second-order valence-corrected chi connectivity index (χ2v) is 5.27. The lowest BCUT2D eigenvalue weighted by atomic mass is 10.2. The first kappa shape index (κ1) is 12.6. The number of nitrogens with zero attached hydrogens (tertiary/aromatic N) is 2. The number of halogens is 1. The van der Waals surface area contributed by atoms with Crippen molar-refractivity contribution in [2.24, 2.45) is 0 Å². The molecule has 0 bridgehead atoms. The molecule has 6 heteroatoms. The molecule has 0 saturated carbocycles. The Bertz CT molecular complexity index is 329. The van der Waals surface area contributed by atoms with E-state index in [2.05, 4.69) is 31.4 Å². The lowest BCUT2D eigenvalue weighted by Gasteiger charge is -2.06. The number of aromatic nitrogens is 2. The normalized spacial score (nSPS) is 12.5. The van der Waals surface area contributed by atoms with Crippen LogP contribution in [0.25, 0.3) is 0 Å². The van der Waals surface area contributed by atoms with Crippen molar-refractivity contribution in [3.05, 3.63) is 5.01 Å². The maximum Gasteiger partial charge on any atom is 0.239 e. The molecule has 0 radical (unpaired) electrons. The third-order valence-corrected chi connectivity index (χ3v) is 3.68. The van der Waals surface area contributed by atoms with Gasteiger partial charge in [0.25, 0.3) is 0 Å². The summed E-state index contributed by atoms with van der Waals surface area (Å²) in [5.74, 6) is -0.0457. The Morgan fingerprint density at radius 1 is 1.53 bits per heavy atom. The first-order valence-corrected chi connectivity index (χ1v) is 6.67. The number of rotatable bonds is 5. The number of hydrogen-bond acceptors (Lipinski definition) is 4. The number of aryl methyl sites for hydroxylation is 1. The highest BCUT2D eigenvalue weighted by molar-refractivity contribution is 9.10. The van der Waals surface area contributed by atoms with E-state index >= 15 is 0 Å². The monoisotopic (exact) mass is 291 g/mol. The quantitative estimate of drug-likeness (QED) is 0.849. The highest BCUT2D eigenvalue weighted by Crippen LogP contribution is 2.17. The molecule has 1 aromatic heterocycles. The van der Waals surface area contributed by atoms with Crippen molar-refractivity contribution in [1.82, 2.24) is 10.2 Å². The van der Waals surface area contributed by atoms with Gasteiger partial charge in [-0.3, -0.25) is 10.1 Å². The Balaban J connectivity index is 2.50. The predicted molar refractivity (Wildman–Crippen MR) is 65.5 cm³/mol. The lowest BCUT2D eigenvalue weighted by molar-refractivity contribution is -0.115. The van der Waals surface area contributed by atoms with Crippen molar-refractivity contribution in [1.29, 1.82) is 0 Å². The van der Waals surface area contributed by atoms with Crippen LogP contribution in [0.1, 0.15) is 31.7 Å². The van der Waals surface area contributed by atoms with Gasteiger partial charge in [-0.25, -0.2) is 0 Å². The minimum Gasteiger partial charge on any atom is -0.300 e. The van der Waals surface area contributed by atoms with Gasteiger partial charge in [-0.1, -0.05) is 47.5 Å². The molecule has 1 unspecified atom stereocenters. The van der Waals surface area contributed by atoms with E-state index in [1.165, 1.54) is 11.3 Å². The highest BCUT2D eigenvalue weighted by Gasteiger charge is 2.15. The summed E-state index contributed by atoms with van der Waals surface area (Å²) in [5.41, 5.74) is 0. The summed E-state index contributed by atoms with van der Waals surface area (Å²) >= 11 is 4.75. The molecule has 0 aromatic carbocycles. The fourth-order valence-corrected chi connectivity index (χ4v) is 2.27. The molecule has 1 heterocycles. The second kappa shape index (κ2) is 6.17. The Labute approximate surface area is 102 Å². The maximum atomic E-state index is 11.6. The third kappa shape index (κ3) is 3.87. The van der Waals surface area contributed by atoms with E-state index < -0.39 is 0 Å². The maximum absolute atomic E-state index is 11.6. The van der Waals surface area contributed by atoms with Gasteiger partial charge in [0.15, 0.2) is 0 Å². The van der Waals surface area contributed by atoms with Gasteiger partial charge in [-0.15, -0.1) is 10.2 Å². The summed E-state index contributed by atoms with van der Waals surface area (Å²) in [5, 5.41) is 12.1. The van der Waals surface area contributed by atoms with E-state index in [4.69, 9.17) is 0 Å². The number of carbonyl (C=O) groups excluding carboxylic acids is 1. The molecule has 0 aliphatic heterocycles. The van der Waals surface area contributed by atoms with Crippen LogP contribution < -0.4 is 5.32 Å². The minimum atomic E-state index is -0.142. The Morgan fingerprint density at radius 3 is 2.80 bits per heavy atom. The number of nitrogens with one attached hydrogen (secondary N) is 1. The average molecular weight is 292 g/mol. The molecule has 1 rings (SSSR count).